The molecule has 0 radical (unpaired) electrons. The van der Waals surface area contributed by atoms with Crippen LogP contribution in [0.3, 0.4) is 0 Å². The van der Waals surface area contributed by atoms with Gasteiger partial charge in [0.25, 0.3) is 0 Å². The summed E-state index contributed by atoms with van der Waals surface area (Å²) in [5.41, 5.74) is 3.16. The fraction of sp³-hybridized carbons (Fsp3) is 0.250. The number of aromatic amines is 1. The molecule has 1 saturated heterocycles. The van der Waals surface area contributed by atoms with E-state index in [9.17, 15) is 9.50 Å². The molecule has 0 aliphatic carbocycles. The number of aromatic nitrogens is 1. The molecule has 4 rings (SSSR count). The number of aromatic hydroxyl groups is 1. The summed E-state index contributed by atoms with van der Waals surface area (Å²) in [6.45, 7) is 4.39. The molecule has 2 N–H and O–H groups in total. The number of halogens is 1. The molecule has 1 aliphatic rings. The SMILES string of the molecule is Oc1[nH]c2ccc(F)cc2c1C=Nc1ccc(CN2CCOCC2)cc1. The maximum atomic E-state index is 13.5. The largest absolute Gasteiger partial charge is 0.494 e. The Morgan fingerprint density at radius 3 is 2.69 bits per heavy atom. The van der Waals surface area contributed by atoms with Gasteiger partial charge in [-0.3, -0.25) is 9.89 Å². The highest BCUT2D eigenvalue weighted by atomic mass is 19.1. The maximum Gasteiger partial charge on any atom is 0.198 e. The molecule has 5 nitrogen and oxygen atoms in total. The van der Waals surface area contributed by atoms with Gasteiger partial charge in [-0.15, -0.1) is 0 Å². The van der Waals surface area contributed by atoms with E-state index in [0.29, 0.717) is 16.5 Å². The van der Waals surface area contributed by atoms with Gasteiger partial charge in [-0.1, -0.05) is 12.1 Å². The van der Waals surface area contributed by atoms with E-state index in [4.69, 9.17) is 4.74 Å². The molecule has 26 heavy (non-hydrogen) atoms. The standard InChI is InChI=1S/C20H20FN3O2/c21-15-3-6-19-17(11-15)18(20(25)23-19)12-22-16-4-1-14(2-5-16)13-24-7-9-26-10-8-24/h1-6,11-12,23,25H,7-10,13H2. The normalized spacial score (nSPS) is 15.9. The van der Waals surface area contributed by atoms with Crippen molar-refractivity contribution in [2.45, 2.75) is 6.54 Å². The molecule has 134 valence electrons. The second kappa shape index (κ2) is 7.27. The van der Waals surface area contributed by atoms with Gasteiger partial charge in [0.05, 0.1) is 24.5 Å². The highest BCUT2D eigenvalue weighted by molar-refractivity contribution is 6.02. The van der Waals surface area contributed by atoms with Crippen molar-refractivity contribution in [1.82, 2.24) is 9.88 Å². The zero-order valence-electron chi connectivity index (χ0n) is 14.3. The van der Waals surface area contributed by atoms with Gasteiger partial charge in [0.1, 0.15) is 5.82 Å². The first-order chi connectivity index (χ1) is 12.7. The number of fused-ring (bicyclic) bond motifs is 1. The Balaban J connectivity index is 1.50. The molecule has 2 heterocycles. The van der Waals surface area contributed by atoms with Gasteiger partial charge >= 0.3 is 0 Å². The second-order valence-corrected chi connectivity index (χ2v) is 6.39. The van der Waals surface area contributed by atoms with Crippen molar-refractivity contribution in [3.63, 3.8) is 0 Å². The van der Waals surface area contributed by atoms with E-state index in [-0.39, 0.29) is 11.7 Å². The van der Waals surface area contributed by atoms with Crippen molar-refractivity contribution >= 4 is 22.8 Å². The van der Waals surface area contributed by atoms with Gasteiger partial charge < -0.3 is 14.8 Å². The number of H-pyrrole nitrogens is 1. The number of aliphatic imine (C=N–C) groups is 1. The molecule has 6 heteroatoms. The summed E-state index contributed by atoms with van der Waals surface area (Å²) in [4.78, 5) is 9.60. The Hall–Kier alpha value is -2.70. The summed E-state index contributed by atoms with van der Waals surface area (Å²) in [6.07, 6.45) is 1.56. The first-order valence-corrected chi connectivity index (χ1v) is 8.62. The molecule has 0 unspecified atom stereocenters. The summed E-state index contributed by atoms with van der Waals surface area (Å²) >= 11 is 0. The average molecular weight is 353 g/mol. The molecule has 0 bridgehead atoms. The summed E-state index contributed by atoms with van der Waals surface area (Å²) in [6, 6.07) is 12.3. The first kappa shape index (κ1) is 16.8. The minimum absolute atomic E-state index is 0.0155. The van der Waals surface area contributed by atoms with E-state index >= 15 is 0 Å². The lowest BCUT2D eigenvalue weighted by Gasteiger charge is -2.26. The quantitative estimate of drug-likeness (QED) is 0.705. The van der Waals surface area contributed by atoms with Crippen molar-refractivity contribution in [2.75, 3.05) is 26.3 Å². The van der Waals surface area contributed by atoms with Gasteiger partial charge in [0.15, 0.2) is 5.88 Å². The van der Waals surface area contributed by atoms with Gasteiger partial charge in [-0.25, -0.2) is 4.39 Å². The predicted molar refractivity (Wildman–Crippen MR) is 99.7 cm³/mol. The summed E-state index contributed by atoms with van der Waals surface area (Å²) < 4.78 is 18.8. The topological polar surface area (TPSA) is 60.8 Å². The van der Waals surface area contributed by atoms with Crippen LogP contribution in [0.15, 0.2) is 47.5 Å². The predicted octanol–water partition coefficient (Wildman–Crippen LogP) is 3.60. The van der Waals surface area contributed by atoms with Crippen LogP contribution in [0, 0.1) is 5.82 Å². The monoisotopic (exact) mass is 353 g/mol. The number of ether oxygens (including phenoxy) is 1. The number of morpholine rings is 1. The van der Waals surface area contributed by atoms with E-state index < -0.39 is 0 Å². The van der Waals surface area contributed by atoms with Crippen molar-refractivity contribution in [3.05, 3.63) is 59.4 Å². The molecular formula is C20H20FN3O2. The average Bonchev–Trinajstić information content (AvgIpc) is 2.96. The third-order valence-corrected chi connectivity index (χ3v) is 4.57. The lowest BCUT2D eigenvalue weighted by atomic mass is 10.1. The third kappa shape index (κ3) is 3.61. The van der Waals surface area contributed by atoms with Crippen LogP contribution in [0.1, 0.15) is 11.1 Å². The maximum absolute atomic E-state index is 13.5. The Morgan fingerprint density at radius 2 is 1.92 bits per heavy atom. The summed E-state index contributed by atoms with van der Waals surface area (Å²) in [5.74, 6) is -0.364. The lowest BCUT2D eigenvalue weighted by Crippen LogP contribution is -2.35. The number of rotatable bonds is 4. The Labute approximate surface area is 150 Å². The molecule has 0 spiro atoms. The van der Waals surface area contributed by atoms with Crippen LogP contribution in [-0.4, -0.2) is 47.5 Å². The molecular weight excluding hydrogens is 333 g/mol. The second-order valence-electron chi connectivity index (χ2n) is 6.39. The molecule has 0 atom stereocenters. The van der Waals surface area contributed by atoms with Gasteiger partial charge in [-0.2, -0.15) is 0 Å². The van der Waals surface area contributed by atoms with Crippen LogP contribution < -0.4 is 0 Å². The van der Waals surface area contributed by atoms with Crippen LogP contribution in [0.25, 0.3) is 10.9 Å². The highest BCUT2D eigenvalue weighted by Crippen LogP contribution is 2.27. The zero-order valence-corrected chi connectivity index (χ0v) is 14.3. The van der Waals surface area contributed by atoms with E-state index in [1.807, 2.05) is 12.1 Å². The number of nitrogens with one attached hydrogen (secondary N) is 1. The third-order valence-electron chi connectivity index (χ3n) is 4.57. The Morgan fingerprint density at radius 1 is 1.15 bits per heavy atom. The molecule has 2 aromatic carbocycles. The van der Waals surface area contributed by atoms with Crippen LogP contribution in [0.5, 0.6) is 5.88 Å². The minimum Gasteiger partial charge on any atom is -0.494 e. The number of nitrogens with zero attached hydrogens (tertiary/aromatic N) is 2. The van der Waals surface area contributed by atoms with Gasteiger partial charge in [0.2, 0.25) is 0 Å². The summed E-state index contributed by atoms with van der Waals surface area (Å²) in [7, 11) is 0. The Bertz CT molecular complexity index is 928. The molecule has 1 aromatic heterocycles. The van der Waals surface area contributed by atoms with Crippen molar-refractivity contribution in [1.29, 1.82) is 0 Å². The smallest absolute Gasteiger partial charge is 0.198 e. The number of hydrogen-bond acceptors (Lipinski definition) is 4. The van der Waals surface area contributed by atoms with E-state index in [0.717, 1.165) is 38.5 Å². The van der Waals surface area contributed by atoms with Crippen molar-refractivity contribution in [3.8, 4) is 5.88 Å². The molecule has 0 saturated carbocycles. The first-order valence-electron chi connectivity index (χ1n) is 8.62. The molecule has 0 amide bonds. The summed E-state index contributed by atoms with van der Waals surface area (Å²) in [5, 5.41) is 10.7. The number of benzene rings is 2. The minimum atomic E-state index is -0.349. The highest BCUT2D eigenvalue weighted by Gasteiger charge is 2.11. The lowest BCUT2D eigenvalue weighted by molar-refractivity contribution is 0.0342. The van der Waals surface area contributed by atoms with Crippen LogP contribution in [0.2, 0.25) is 0 Å². The number of hydrogen-bond donors (Lipinski definition) is 2. The molecule has 1 fully saturated rings. The fourth-order valence-corrected chi connectivity index (χ4v) is 3.15. The molecule has 3 aromatic rings. The molecule has 1 aliphatic heterocycles. The van der Waals surface area contributed by atoms with E-state index in [2.05, 4.69) is 27.0 Å². The van der Waals surface area contributed by atoms with Gasteiger partial charge in [-0.05, 0) is 35.9 Å². The van der Waals surface area contributed by atoms with E-state index in [1.54, 1.807) is 12.3 Å². The van der Waals surface area contributed by atoms with Crippen molar-refractivity contribution in [2.24, 2.45) is 4.99 Å². The van der Waals surface area contributed by atoms with Gasteiger partial charge in [0, 0.05) is 36.8 Å². The zero-order chi connectivity index (χ0) is 17.9. The van der Waals surface area contributed by atoms with Crippen LogP contribution >= 0.6 is 0 Å². The fourth-order valence-electron chi connectivity index (χ4n) is 3.15. The van der Waals surface area contributed by atoms with Crippen LogP contribution in [-0.2, 0) is 11.3 Å². The van der Waals surface area contributed by atoms with E-state index in [1.165, 1.54) is 17.7 Å². The Kier molecular flexibility index (Phi) is 4.69. The van der Waals surface area contributed by atoms with Crippen LogP contribution in [0.4, 0.5) is 10.1 Å². The van der Waals surface area contributed by atoms with Crippen molar-refractivity contribution < 1.29 is 14.2 Å².